The first-order valence-corrected chi connectivity index (χ1v) is 7.33. The van der Waals surface area contributed by atoms with Crippen LogP contribution in [0.5, 0.6) is 0 Å². The lowest BCUT2D eigenvalue weighted by Gasteiger charge is -2.28. The molecule has 0 aliphatic rings. The number of aromatic nitrogens is 2. The summed E-state index contributed by atoms with van der Waals surface area (Å²) in [5, 5.41) is 8.25. The molecule has 1 atom stereocenters. The van der Waals surface area contributed by atoms with Gasteiger partial charge in [-0.3, -0.25) is 9.48 Å². The van der Waals surface area contributed by atoms with Crippen molar-refractivity contribution in [3.05, 3.63) is 16.9 Å². The Labute approximate surface area is 125 Å². The van der Waals surface area contributed by atoms with Gasteiger partial charge in [-0.1, -0.05) is 18.5 Å². The van der Waals surface area contributed by atoms with Crippen molar-refractivity contribution in [1.29, 1.82) is 0 Å². The molecule has 0 saturated carbocycles. The topological polar surface area (TPSA) is 56.2 Å². The quantitative estimate of drug-likeness (QED) is 0.750. The third-order valence-electron chi connectivity index (χ3n) is 3.35. The Bertz CT molecular complexity index is 428. The molecule has 6 heteroatoms. The maximum atomic E-state index is 11.9. The summed E-state index contributed by atoms with van der Waals surface area (Å²) in [5.74, 6) is -0.222. The molecule has 0 saturated heterocycles. The van der Waals surface area contributed by atoms with Gasteiger partial charge >= 0.3 is 5.97 Å². The molecule has 0 aliphatic carbocycles. The number of methoxy groups -OCH3 is 1. The van der Waals surface area contributed by atoms with E-state index in [0.717, 1.165) is 31.6 Å². The average molecular weight is 302 g/mol. The number of esters is 1. The van der Waals surface area contributed by atoms with Gasteiger partial charge in [0.1, 0.15) is 5.54 Å². The summed E-state index contributed by atoms with van der Waals surface area (Å²) in [4.78, 5) is 11.9. The lowest BCUT2D eigenvalue weighted by Crippen LogP contribution is -2.50. The summed E-state index contributed by atoms with van der Waals surface area (Å²) >= 11 is 5.97. The van der Waals surface area contributed by atoms with Crippen LogP contribution in [0.1, 0.15) is 38.8 Å². The molecule has 114 valence electrons. The van der Waals surface area contributed by atoms with E-state index in [-0.39, 0.29) is 5.97 Å². The zero-order valence-electron chi connectivity index (χ0n) is 12.7. The second-order valence-corrected chi connectivity index (χ2v) is 5.59. The molecule has 0 aromatic carbocycles. The number of nitrogens with one attached hydrogen (secondary N) is 1. The van der Waals surface area contributed by atoms with Crippen LogP contribution < -0.4 is 5.32 Å². The largest absolute Gasteiger partial charge is 0.468 e. The first kappa shape index (κ1) is 17.0. The van der Waals surface area contributed by atoms with Crippen LogP contribution in [-0.2, 0) is 16.1 Å². The van der Waals surface area contributed by atoms with E-state index in [2.05, 4.69) is 17.3 Å². The van der Waals surface area contributed by atoms with Gasteiger partial charge in [-0.2, -0.15) is 5.10 Å². The van der Waals surface area contributed by atoms with Crippen molar-refractivity contribution in [2.24, 2.45) is 0 Å². The van der Waals surface area contributed by atoms with E-state index in [0.29, 0.717) is 11.4 Å². The standard InChI is InChI=1S/C14H24ClN3O2/c1-5-8-16-14(3,13(19)20-4)7-6-9-18-10-12(15)11(2)17-18/h10,16H,5-9H2,1-4H3. The van der Waals surface area contributed by atoms with Crippen molar-refractivity contribution in [1.82, 2.24) is 15.1 Å². The van der Waals surface area contributed by atoms with E-state index in [1.54, 1.807) is 0 Å². The molecule has 0 radical (unpaired) electrons. The predicted molar refractivity (Wildman–Crippen MR) is 79.9 cm³/mol. The zero-order chi connectivity index (χ0) is 15.2. The van der Waals surface area contributed by atoms with Gasteiger partial charge in [0.15, 0.2) is 0 Å². The number of carbonyl (C=O) groups excluding carboxylic acids is 1. The Balaban J connectivity index is 2.55. The molecular weight excluding hydrogens is 278 g/mol. The molecule has 1 aromatic heterocycles. The van der Waals surface area contributed by atoms with Crippen molar-refractivity contribution in [2.75, 3.05) is 13.7 Å². The van der Waals surface area contributed by atoms with Gasteiger partial charge < -0.3 is 10.1 Å². The minimum absolute atomic E-state index is 0.222. The van der Waals surface area contributed by atoms with Gasteiger partial charge in [-0.05, 0) is 39.7 Å². The number of hydrogen-bond donors (Lipinski definition) is 1. The number of rotatable bonds is 8. The van der Waals surface area contributed by atoms with Gasteiger partial charge in [-0.15, -0.1) is 0 Å². The lowest BCUT2D eigenvalue weighted by atomic mass is 9.95. The summed E-state index contributed by atoms with van der Waals surface area (Å²) in [6, 6.07) is 0. The first-order chi connectivity index (χ1) is 9.42. The molecular formula is C14H24ClN3O2. The maximum Gasteiger partial charge on any atom is 0.325 e. The fourth-order valence-electron chi connectivity index (χ4n) is 2.09. The normalized spacial score (nSPS) is 14.1. The fourth-order valence-corrected chi connectivity index (χ4v) is 2.24. The van der Waals surface area contributed by atoms with Gasteiger partial charge in [0.05, 0.1) is 17.8 Å². The lowest BCUT2D eigenvalue weighted by molar-refractivity contribution is -0.148. The molecule has 0 amide bonds. The molecule has 20 heavy (non-hydrogen) atoms. The number of carbonyl (C=O) groups is 1. The first-order valence-electron chi connectivity index (χ1n) is 6.96. The molecule has 0 spiro atoms. The monoisotopic (exact) mass is 301 g/mol. The van der Waals surface area contributed by atoms with Crippen molar-refractivity contribution >= 4 is 17.6 Å². The highest BCUT2D eigenvalue weighted by atomic mass is 35.5. The molecule has 0 bridgehead atoms. The summed E-state index contributed by atoms with van der Waals surface area (Å²) in [5.41, 5.74) is 0.183. The van der Waals surface area contributed by atoms with E-state index < -0.39 is 5.54 Å². The molecule has 5 nitrogen and oxygen atoms in total. The summed E-state index contributed by atoms with van der Waals surface area (Å²) in [6.45, 7) is 7.35. The molecule has 0 fully saturated rings. The van der Waals surface area contributed by atoms with E-state index in [1.807, 2.05) is 24.7 Å². The summed E-state index contributed by atoms with van der Waals surface area (Å²) in [7, 11) is 1.42. The minimum atomic E-state index is -0.642. The number of nitrogens with zero attached hydrogens (tertiary/aromatic N) is 2. The Hall–Kier alpha value is -1.07. The zero-order valence-corrected chi connectivity index (χ0v) is 13.5. The SMILES string of the molecule is CCCNC(C)(CCCn1cc(Cl)c(C)n1)C(=O)OC. The highest BCUT2D eigenvalue weighted by Crippen LogP contribution is 2.17. The second kappa shape index (κ2) is 7.64. The highest BCUT2D eigenvalue weighted by molar-refractivity contribution is 6.31. The Kier molecular flexibility index (Phi) is 6.49. The Morgan fingerprint density at radius 2 is 2.30 bits per heavy atom. The predicted octanol–water partition coefficient (Wildman–Crippen LogP) is 2.56. The molecule has 1 aromatic rings. The highest BCUT2D eigenvalue weighted by Gasteiger charge is 2.32. The van der Waals surface area contributed by atoms with Crippen LogP contribution >= 0.6 is 11.6 Å². The van der Waals surface area contributed by atoms with Gasteiger partial charge in [0.25, 0.3) is 0 Å². The van der Waals surface area contributed by atoms with Crippen LogP contribution in [-0.4, -0.2) is 34.9 Å². The van der Waals surface area contributed by atoms with E-state index >= 15 is 0 Å². The molecule has 1 N–H and O–H groups in total. The van der Waals surface area contributed by atoms with Crippen molar-refractivity contribution in [3.8, 4) is 0 Å². The minimum Gasteiger partial charge on any atom is -0.468 e. The van der Waals surface area contributed by atoms with Crippen LogP contribution in [0.15, 0.2) is 6.20 Å². The smallest absolute Gasteiger partial charge is 0.325 e. The Morgan fingerprint density at radius 3 is 2.80 bits per heavy atom. The summed E-state index contributed by atoms with van der Waals surface area (Å²) in [6.07, 6.45) is 4.29. The number of halogens is 1. The summed E-state index contributed by atoms with van der Waals surface area (Å²) < 4.78 is 6.71. The number of hydrogen-bond acceptors (Lipinski definition) is 4. The van der Waals surface area contributed by atoms with Gasteiger partial charge in [-0.25, -0.2) is 0 Å². The number of aryl methyl sites for hydroxylation is 2. The van der Waals surface area contributed by atoms with E-state index in [9.17, 15) is 4.79 Å². The maximum absolute atomic E-state index is 11.9. The fraction of sp³-hybridized carbons (Fsp3) is 0.714. The van der Waals surface area contributed by atoms with Crippen LogP contribution in [0.25, 0.3) is 0 Å². The van der Waals surface area contributed by atoms with Crippen LogP contribution in [0.3, 0.4) is 0 Å². The van der Waals surface area contributed by atoms with E-state index in [1.165, 1.54) is 7.11 Å². The molecule has 1 heterocycles. The van der Waals surface area contributed by atoms with Gasteiger partial charge in [0, 0.05) is 12.7 Å². The van der Waals surface area contributed by atoms with Crippen LogP contribution in [0, 0.1) is 6.92 Å². The van der Waals surface area contributed by atoms with Crippen LogP contribution in [0.2, 0.25) is 5.02 Å². The number of ether oxygens (including phenoxy) is 1. The van der Waals surface area contributed by atoms with Crippen LogP contribution in [0.4, 0.5) is 0 Å². The van der Waals surface area contributed by atoms with Crippen molar-refractivity contribution < 1.29 is 9.53 Å². The third kappa shape index (κ3) is 4.49. The van der Waals surface area contributed by atoms with E-state index in [4.69, 9.17) is 16.3 Å². The third-order valence-corrected chi connectivity index (χ3v) is 3.72. The Morgan fingerprint density at radius 1 is 1.60 bits per heavy atom. The average Bonchev–Trinajstić information content (AvgIpc) is 2.74. The second-order valence-electron chi connectivity index (χ2n) is 5.18. The molecule has 1 rings (SSSR count). The van der Waals surface area contributed by atoms with Crippen molar-refractivity contribution in [2.45, 2.75) is 52.1 Å². The van der Waals surface area contributed by atoms with Crippen molar-refractivity contribution in [3.63, 3.8) is 0 Å². The van der Waals surface area contributed by atoms with Gasteiger partial charge in [0.2, 0.25) is 0 Å². The molecule has 0 aliphatic heterocycles. The molecule has 1 unspecified atom stereocenters.